The van der Waals surface area contributed by atoms with Crippen molar-refractivity contribution in [3.05, 3.63) is 29.8 Å². The summed E-state index contributed by atoms with van der Waals surface area (Å²) in [6.07, 6.45) is 0.577. The van der Waals surface area contributed by atoms with Crippen LogP contribution in [0.1, 0.15) is 10.4 Å². The van der Waals surface area contributed by atoms with Crippen LogP contribution in [0.2, 0.25) is 0 Å². The van der Waals surface area contributed by atoms with Crippen molar-refractivity contribution in [1.29, 1.82) is 0 Å². The molecule has 0 spiro atoms. The van der Waals surface area contributed by atoms with Crippen LogP contribution in [0.15, 0.2) is 24.3 Å². The molecule has 0 bridgehead atoms. The number of benzene rings is 1. The molecule has 1 amide bonds. The first-order chi connectivity index (χ1) is 7.69. The summed E-state index contributed by atoms with van der Waals surface area (Å²) in [5, 5.41) is 9.35. The van der Waals surface area contributed by atoms with Crippen molar-refractivity contribution in [2.45, 2.75) is 0 Å². The Morgan fingerprint density at radius 1 is 1.31 bits per heavy atom. The van der Waals surface area contributed by atoms with E-state index in [1.54, 1.807) is 24.3 Å². The molecule has 0 saturated carbocycles. The van der Waals surface area contributed by atoms with Gasteiger partial charge in [-0.05, 0) is 24.3 Å². The van der Waals surface area contributed by atoms with Crippen LogP contribution < -0.4 is 5.32 Å². The Labute approximate surface area is 91.8 Å². The van der Waals surface area contributed by atoms with E-state index in [9.17, 15) is 9.59 Å². The first-order valence-corrected chi connectivity index (χ1v) is 4.16. The Morgan fingerprint density at radius 2 is 1.81 bits per heavy atom. The first-order valence-electron chi connectivity index (χ1n) is 4.16. The van der Waals surface area contributed by atoms with Gasteiger partial charge in [-0.3, -0.25) is 9.59 Å². The number of hydrogen-bond acceptors (Lipinski definition) is 4. The van der Waals surface area contributed by atoms with Crippen molar-refractivity contribution in [2.75, 3.05) is 12.4 Å². The third kappa shape index (κ3) is 4.75. The molecule has 0 aromatic heterocycles. The van der Waals surface area contributed by atoms with Crippen molar-refractivity contribution < 1.29 is 24.2 Å². The van der Waals surface area contributed by atoms with Crippen LogP contribution in [0.4, 0.5) is 5.69 Å². The molecule has 0 saturated heterocycles. The zero-order valence-electron chi connectivity index (χ0n) is 8.54. The van der Waals surface area contributed by atoms with Crippen LogP contribution in [-0.4, -0.2) is 31.1 Å². The fourth-order valence-electron chi connectivity index (χ4n) is 0.888. The summed E-state index contributed by atoms with van der Waals surface area (Å²) in [6.45, 7) is -0.250. The zero-order chi connectivity index (χ0) is 12.4. The lowest BCUT2D eigenvalue weighted by Gasteiger charge is -2.00. The highest BCUT2D eigenvalue weighted by atomic mass is 16.5. The van der Waals surface area contributed by atoms with Gasteiger partial charge in [0.25, 0.3) is 6.47 Å². The number of nitrogens with one attached hydrogen (secondary N) is 1. The Balaban J connectivity index is 0.000000673. The van der Waals surface area contributed by atoms with E-state index in [1.165, 1.54) is 7.11 Å². The summed E-state index contributed by atoms with van der Waals surface area (Å²) in [7, 11) is 1.32. The summed E-state index contributed by atoms with van der Waals surface area (Å²) in [5.41, 5.74) is 1.10. The van der Waals surface area contributed by atoms with E-state index < -0.39 is 5.97 Å². The molecule has 0 radical (unpaired) electrons. The molecule has 0 heterocycles. The SMILES string of the molecule is COC(=O)c1ccc(NC=O)cc1.O=CO. The zero-order valence-corrected chi connectivity index (χ0v) is 8.54. The van der Waals surface area contributed by atoms with Crippen LogP contribution in [0.5, 0.6) is 0 Å². The Morgan fingerprint density at radius 3 is 2.19 bits per heavy atom. The summed E-state index contributed by atoms with van der Waals surface area (Å²) < 4.78 is 4.51. The minimum absolute atomic E-state index is 0.250. The van der Waals surface area contributed by atoms with Crippen LogP contribution in [0.3, 0.4) is 0 Å². The molecule has 2 N–H and O–H groups in total. The Kier molecular flexibility index (Phi) is 6.80. The predicted molar refractivity (Wildman–Crippen MR) is 56.2 cm³/mol. The average molecular weight is 225 g/mol. The predicted octanol–water partition coefficient (Wildman–Crippen LogP) is 0.742. The lowest BCUT2D eigenvalue weighted by Crippen LogP contribution is -2.01. The average Bonchev–Trinajstić information content (AvgIpc) is 2.30. The number of hydrogen-bond donors (Lipinski definition) is 2. The van der Waals surface area contributed by atoms with Gasteiger partial charge in [-0.15, -0.1) is 0 Å². The number of amides is 1. The quantitative estimate of drug-likeness (QED) is 0.584. The maximum Gasteiger partial charge on any atom is 0.337 e. The van der Waals surface area contributed by atoms with E-state index in [1.807, 2.05) is 0 Å². The second-order valence-corrected chi connectivity index (χ2v) is 2.44. The number of carbonyl (C=O) groups excluding carboxylic acids is 2. The number of carboxylic acid groups (broad SMARTS) is 1. The molecular weight excluding hydrogens is 214 g/mol. The van der Waals surface area contributed by atoms with Gasteiger partial charge in [0.05, 0.1) is 12.7 Å². The van der Waals surface area contributed by atoms with E-state index in [-0.39, 0.29) is 6.47 Å². The summed E-state index contributed by atoms with van der Waals surface area (Å²) in [5.74, 6) is -0.391. The van der Waals surface area contributed by atoms with E-state index in [4.69, 9.17) is 9.90 Å². The number of carbonyl (C=O) groups is 3. The minimum atomic E-state index is -0.391. The summed E-state index contributed by atoms with van der Waals surface area (Å²) in [4.78, 5) is 29.4. The molecule has 6 heteroatoms. The smallest absolute Gasteiger partial charge is 0.337 e. The summed E-state index contributed by atoms with van der Waals surface area (Å²) >= 11 is 0. The van der Waals surface area contributed by atoms with Crippen molar-refractivity contribution in [2.24, 2.45) is 0 Å². The number of ether oxygens (including phenoxy) is 1. The van der Waals surface area contributed by atoms with E-state index in [2.05, 4.69) is 10.1 Å². The Hall–Kier alpha value is -2.37. The highest BCUT2D eigenvalue weighted by molar-refractivity contribution is 5.90. The van der Waals surface area contributed by atoms with Crippen molar-refractivity contribution in [1.82, 2.24) is 0 Å². The van der Waals surface area contributed by atoms with Crippen LogP contribution in [-0.2, 0) is 14.3 Å². The normalized spacial score (nSPS) is 8.06. The maximum atomic E-state index is 11.0. The molecule has 0 atom stereocenters. The van der Waals surface area contributed by atoms with E-state index in [0.29, 0.717) is 17.7 Å². The van der Waals surface area contributed by atoms with Gasteiger partial charge in [-0.1, -0.05) is 0 Å². The van der Waals surface area contributed by atoms with Crippen molar-refractivity contribution in [3.8, 4) is 0 Å². The van der Waals surface area contributed by atoms with Gasteiger partial charge in [0.2, 0.25) is 6.41 Å². The number of esters is 1. The van der Waals surface area contributed by atoms with Crippen LogP contribution in [0.25, 0.3) is 0 Å². The van der Waals surface area contributed by atoms with E-state index in [0.717, 1.165) is 0 Å². The third-order valence-corrected chi connectivity index (χ3v) is 1.53. The molecule has 86 valence electrons. The molecule has 1 aromatic rings. The lowest BCUT2D eigenvalue weighted by molar-refractivity contribution is -0.122. The summed E-state index contributed by atoms with van der Waals surface area (Å²) in [6, 6.07) is 6.41. The van der Waals surface area contributed by atoms with Gasteiger partial charge in [0.1, 0.15) is 0 Å². The van der Waals surface area contributed by atoms with Gasteiger partial charge in [-0.25, -0.2) is 4.79 Å². The molecule has 0 unspecified atom stereocenters. The van der Waals surface area contributed by atoms with Crippen molar-refractivity contribution >= 4 is 24.5 Å². The monoisotopic (exact) mass is 225 g/mol. The minimum Gasteiger partial charge on any atom is -0.483 e. The molecule has 16 heavy (non-hydrogen) atoms. The topological polar surface area (TPSA) is 92.7 Å². The third-order valence-electron chi connectivity index (χ3n) is 1.53. The molecule has 1 aromatic carbocycles. The number of anilines is 1. The van der Waals surface area contributed by atoms with Gasteiger partial charge in [0, 0.05) is 5.69 Å². The van der Waals surface area contributed by atoms with Crippen LogP contribution in [0, 0.1) is 0 Å². The molecule has 6 nitrogen and oxygen atoms in total. The highest BCUT2D eigenvalue weighted by Gasteiger charge is 2.03. The highest BCUT2D eigenvalue weighted by Crippen LogP contribution is 2.08. The second-order valence-electron chi connectivity index (χ2n) is 2.44. The van der Waals surface area contributed by atoms with Crippen LogP contribution >= 0.6 is 0 Å². The van der Waals surface area contributed by atoms with Gasteiger partial charge < -0.3 is 15.2 Å². The number of methoxy groups -OCH3 is 1. The van der Waals surface area contributed by atoms with Gasteiger partial charge >= 0.3 is 5.97 Å². The Bertz CT molecular complexity index is 347. The van der Waals surface area contributed by atoms with E-state index >= 15 is 0 Å². The first kappa shape index (κ1) is 13.6. The number of rotatable bonds is 3. The fraction of sp³-hybridized carbons (Fsp3) is 0.100. The molecule has 0 aliphatic rings. The second kappa shape index (κ2) is 7.98. The van der Waals surface area contributed by atoms with Gasteiger partial charge in [-0.2, -0.15) is 0 Å². The molecule has 0 fully saturated rings. The largest absolute Gasteiger partial charge is 0.483 e. The molecule has 1 rings (SSSR count). The molecular formula is C10H11NO5. The fourth-order valence-corrected chi connectivity index (χ4v) is 0.888. The van der Waals surface area contributed by atoms with Crippen molar-refractivity contribution in [3.63, 3.8) is 0 Å². The maximum absolute atomic E-state index is 11.0. The van der Waals surface area contributed by atoms with Gasteiger partial charge in [0.15, 0.2) is 0 Å². The lowest BCUT2D eigenvalue weighted by atomic mass is 10.2. The standard InChI is InChI=1S/C9H9NO3.CH2O2/c1-13-9(12)7-2-4-8(5-3-7)10-6-11;2-1-3/h2-6H,1H3,(H,10,11);1H,(H,2,3). The molecule has 0 aliphatic carbocycles. The molecule has 0 aliphatic heterocycles.